The highest BCUT2D eigenvalue weighted by Gasteiger charge is 2.18. The number of hydrogen-bond acceptors (Lipinski definition) is 4. The van der Waals surface area contributed by atoms with Crippen molar-refractivity contribution in [2.24, 2.45) is 0 Å². The molecule has 1 N–H and O–H groups in total. The lowest BCUT2D eigenvalue weighted by atomic mass is 10.1. The van der Waals surface area contributed by atoms with Crippen LogP contribution in [0.25, 0.3) is 0 Å². The Morgan fingerprint density at radius 1 is 1.22 bits per heavy atom. The molecule has 0 saturated heterocycles. The second-order valence-electron chi connectivity index (χ2n) is 5.16. The summed E-state index contributed by atoms with van der Waals surface area (Å²) < 4.78 is 29.1. The Morgan fingerprint density at radius 3 is 2.74 bits per heavy atom. The first-order chi connectivity index (χ1) is 11.1. The van der Waals surface area contributed by atoms with Gasteiger partial charge in [0, 0.05) is 5.56 Å². The molecule has 0 radical (unpaired) electrons. The predicted molar refractivity (Wildman–Crippen MR) is 81.4 cm³/mol. The lowest BCUT2D eigenvalue weighted by molar-refractivity contribution is 0.0939. The van der Waals surface area contributed by atoms with E-state index >= 15 is 0 Å². The van der Waals surface area contributed by atoms with Crippen molar-refractivity contribution >= 4 is 5.91 Å². The van der Waals surface area contributed by atoms with Gasteiger partial charge in [-0.25, -0.2) is 4.39 Å². The fourth-order valence-corrected chi connectivity index (χ4v) is 2.35. The van der Waals surface area contributed by atoms with Crippen molar-refractivity contribution in [2.75, 3.05) is 13.9 Å². The fourth-order valence-electron chi connectivity index (χ4n) is 2.35. The Kier molecular flexibility index (Phi) is 4.06. The van der Waals surface area contributed by atoms with Gasteiger partial charge in [-0.1, -0.05) is 6.07 Å². The summed E-state index contributed by atoms with van der Waals surface area (Å²) in [5.41, 5.74) is 1.10. The zero-order valence-corrected chi connectivity index (χ0v) is 12.8. The van der Waals surface area contributed by atoms with Crippen molar-refractivity contribution in [3.63, 3.8) is 0 Å². The van der Waals surface area contributed by atoms with E-state index < -0.39 is 5.82 Å². The Bertz CT molecular complexity index is 747. The van der Waals surface area contributed by atoms with Crippen LogP contribution in [0, 0.1) is 5.82 Å². The van der Waals surface area contributed by atoms with Crippen LogP contribution in [0.4, 0.5) is 4.39 Å². The molecule has 1 atom stereocenters. The van der Waals surface area contributed by atoms with Gasteiger partial charge in [-0.05, 0) is 42.8 Å². The van der Waals surface area contributed by atoms with Crippen LogP contribution in [-0.4, -0.2) is 19.8 Å². The molecule has 3 rings (SSSR count). The SMILES string of the molecule is COc1ccc([C@H](C)NC(=O)c2ccc3c(c2)OCO3)cc1F. The van der Waals surface area contributed by atoms with Crippen LogP contribution in [0.3, 0.4) is 0 Å². The smallest absolute Gasteiger partial charge is 0.251 e. The molecule has 1 heterocycles. The van der Waals surface area contributed by atoms with Crippen molar-refractivity contribution in [3.8, 4) is 17.2 Å². The second-order valence-corrected chi connectivity index (χ2v) is 5.16. The van der Waals surface area contributed by atoms with Crippen LogP contribution in [0.1, 0.15) is 28.9 Å². The molecule has 0 unspecified atom stereocenters. The number of fused-ring (bicyclic) bond motifs is 1. The van der Waals surface area contributed by atoms with Crippen LogP contribution in [0.15, 0.2) is 36.4 Å². The summed E-state index contributed by atoms with van der Waals surface area (Å²) in [7, 11) is 1.41. The van der Waals surface area contributed by atoms with E-state index in [0.717, 1.165) is 0 Å². The number of amides is 1. The van der Waals surface area contributed by atoms with Crippen molar-refractivity contribution in [3.05, 3.63) is 53.3 Å². The first-order valence-corrected chi connectivity index (χ1v) is 7.12. The molecular weight excluding hydrogens is 301 g/mol. The molecule has 1 amide bonds. The Labute approximate surface area is 133 Å². The summed E-state index contributed by atoms with van der Waals surface area (Å²) in [5, 5.41) is 2.83. The molecule has 23 heavy (non-hydrogen) atoms. The molecule has 0 spiro atoms. The van der Waals surface area contributed by atoms with E-state index in [2.05, 4.69) is 5.32 Å². The molecular formula is C17H16FNO4. The van der Waals surface area contributed by atoms with Crippen LogP contribution >= 0.6 is 0 Å². The van der Waals surface area contributed by atoms with Crippen LogP contribution in [-0.2, 0) is 0 Å². The van der Waals surface area contributed by atoms with Crippen LogP contribution < -0.4 is 19.5 Å². The highest BCUT2D eigenvalue weighted by molar-refractivity contribution is 5.95. The number of nitrogens with one attached hydrogen (secondary N) is 1. The zero-order valence-electron chi connectivity index (χ0n) is 12.8. The molecule has 0 fully saturated rings. The summed E-state index contributed by atoms with van der Waals surface area (Å²) in [6, 6.07) is 9.22. The molecule has 0 aliphatic carbocycles. The minimum absolute atomic E-state index is 0.155. The van der Waals surface area contributed by atoms with Crippen molar-refractivity contribution in [2.45, 2.75) is 13.0 Å². The maximum absolute atomic E-state index is 13.8. The van der Waals surface area contributed by atoms with Gasteiger partial charge in [-0.3, -0.25) is 4.79 Å². The molecule has 0 aromatic heterocycles. The first kappa shape index (κ1) is 15.1. The Hall–Kier alpha value is -2.76. The third-order valence-corrected chi connectivity index (χ3v) is 3.66. The molecule has 0 saturated carbocycles. The largest absolute Gasteiger partial charge is 0.494 e. The number of hydrogen-bond donors (Lipinski definition) is 1. The van der Waals surface area contributed by atoms with Gasteiger partial charge in [0.1, 0.15) is 0 Å². The van der Waals surface area contributed by atoms with Gasteiger partial charge in [-0.2, -0.15) is 0 Å². The summed E-state index contributed by atoms with van der Waals surface area (Å²) in [5.74, 6) is 0.594. The molecule has 2 aromatic rings. The van der Waals surface area contributed by atoms with E-state index in [4.69, 9.17) is 14.2 Å². The van der Waals surface area contributed by atoms with E-state index in [1.165, 1.54) is 19.2 Å². The number of methoxy groups -OCH3 is 1. The standard InChI is InChI=1S/C17H16FNO4/c1-10(11-3-5-14(21-2)13(18)7-11)19-17(20)12-4-6-15-16(8-12)23-9-22-15/h3-8,10H,9H2,1-2H3,(H,19,20)/t10-/m0/s1. The van der Waals surface area contributed by atoms with Gasteiger partial charge in [0.05, 0.1) is 13.2 Å². The number of halogens is 1. The maximum Gasteiger partial charge on any atom is 0.251 e. The quantitative estimate of drug-likeness (QED) is 0.941. The van der Waals surface area contributed by atoms with Crippen molar-refractivity contribution in [1.82, 2.24) is 5.32 Å². The lowest BCUT2D eigenvalue weighted by Crippen LogP contribution is -2.26. The zero-order chi connectivity index (χ0) is 16.4. The number of carbonyl (C=O) groups excluding carboxylic acids is 1. The van der Waals surface area contributed by atoms with Crippen molar-refractivity contribution in [1.29, 1.82) is 0 Å². The molecule has 6 heteroatoms. The molecule has 0 bridgehead atoms. The summed E-state index contributed by atoms with van der Waals surface area (Å²) >= 11 is 0. The summed E-state index contributed by atoms with van der Waals surface area (Å²) in [4.78, 5) is 12.3. The lowest BCUT2D eigenvalue weighted by Gasteiger charge is -2.15. The first-order valence-electron chi connectivity index (χ1n) is 7.12. The summed E-state index contributed by atoms with van der Waals surface area (Å²) in [6.45, 7) is 1.94. The van der Waals surface area contributed by atoms with Gasteiger partial charge < -0.3 is 19.5 Å². The van der Waals surface area contributed by atoms with E-state index in [9.17, 15) is 9.18 Å². The average Bonchev–Trinajstić information content (AvgIpc) is 3.02. The maximum atomic E-state index is 13.8. The van der Waals surface area contributed by atoms with Gasteiger partial charge in [0.25, 0.3) is 5.91 Å². The number of carbonyl (C=O) groups is 1. The molecule has 120 valence electrons. The van der Waals surface area contributed by atoms with E-state index in [-0.39, 0.29) is 24.5 Å². The normalized spacial score (nSPS) is 13.5. The van der Waals surface area contributed by atoms with Gasteiger partial charge >= 0.3 is 0 Å². The molecule has 5 nitrogen and oxygen atoms in total. The van der Waals surface area contributed by atoms with E-state index in [1.54, 1.807) is 31.2 Å². The van der Waals surface area contributed by atoms with Crippen molar-refractivity contribution < 1.29 is 23.4 Å². The van der Waals surface area contributed by atoms with E-state index in [1.807, 2.05) is 0 Å². The highest BCUT2D eigenvalue weighted by Crippen LogP contribution is 2.32. The molecule has 1 aliphatic rings. The third-order valence-electron chi connectivity index (χ3n) is 3.66. The fraction of sp³-hybridized carbons (Fsp3) is 0.235. The molecule has 2 aromatic carbocycles. The predicted octanol–water partition coefficient (Wildman–Crippen LogP) is 3.05. The number of rotatable bonds is 4. The topological polar surface area (TPSA) is 56.8 Å². The van der Waals surface area contributed by atoms with Gasteiger partial charge in [-0.15, -0.1) is 0 Å². The average molecular weight is 317 g/mol. The highest BCUT2D eigenvalue weighted by atomic mass is 19.1. The van der Waals surface area contributed by atoms with Gasteiger partial charge in [0.15, 0.2) is 23.1 Å². The van der Waals surface area contributed by atoms with Crippen LogP contribution in [0.5, 0.6) is 17.2 Å². The van der Waals surface area contributed by atoms with Crippen LogP contribution in [0.2, 0.25) is 0 Å². The third kappa shape index (κ3) is 3.06. The minimum atomic E-state index is -0.464. The number of ether oxygens (including phenoxy) is 3. The second kappa shape index (κ2) is 6.16. The molecule has 1 aliphatic heterocycles. The minimum Gasteiger partial charge on any atom is -0.494 e. The Balaban J connectivity index is 1.73. The van der Waals surface area contributed by atoms with E-state index in [0.29, 0.717) is 22.6 Å². The van der Waals surface area contributed by atoms with Gasteiger partial charge in [0.2, 0.25) is 6.79 Å². The Morgan fingerprint density at radius 2 is 2.00 bits per heavy atom. The summed E-state index contributed by atoms with van der Waals surface area (Å²) in [6.07, 6.45) is 0. The monoisotopic (exact) mass is 317 g/mol. The number of benzene rings is 2.